The zero-order valence-corrected chi connectivity index (χ0v) is 13.8. The van der Waals surface area contributed by atoms with Crippen molar-refractivity contribution in [3.8, 4) is 0 Å². The average Bonchev–Trinajstić information content (AvgIpc) is 2.66. The molecule has 0 saturated carbocycles. The minimum Gasteiger partial charge on any atom is -0.388 e. The molecule has 1 saturated heterocycles. The third-order valence-corrected chi connectivity index (χ3v) is 4.73. The minimum absolute atomic E-state index is 0.343. The SMILES string of the molecule is CCC1CN(C)CCCN1CCC(O)c1ccccc1C. The molecule has 1 heterocycles. The Labute approximate surface area is 129 Å². The first-order valence-electron chi connectivity index (χ1n) is 8.28. The predicted octanol–water partition coefficient (Wildman–Crippen LogP) is 2.83. The Balaban J connectivity index is 1.93. The second kappa shape index (κ2) is 7.92. The Morgan fingerprint density at radius 3 is 2.76 bits per heavy atom. The Morgan fingerprint density at radius 2 is 2.05 bits per heavy atom. The molecule has 1 aromatic rings. The zero-order valence-electron chi connectivity index (χ0n) is 13.8. The van der Waals surface area contributed by atoms with E-state index in [0.29, 0.717) is 6.04 Å². The zero-order chi connectivity index (χ0) is 15.2. The molecule has 1 aliphatic rings. The van der Waals surface area contributed by atoms with Crippen LogP contribution >= 0.6 is 0 Å². The van der Waals surface area contributed by atoms with Crippen LogP contribution in [0.25, 0.3) is 0 Å². The summed E-state index contributed by atoms with van der Waals surface area (Å²) in [4.78, 5) is 5.01. The third kappa shape index (κ3) is 4.53. The van der Waals surface area contributed by atoms with Gasteiger partial charge in [-0.3, -0.25) is 4.90 Å². The molecular formula is C18H30N2O. The normalized spacial score (nSPS) is 23.0. The van der Waals surface area contributed by atoms with E-state index in [4.69, 9.17) is 0 Å². The Bertz CT molecular complexity index is 435. The Morgan fingerprint density at radius 1 is 1.29 bits per heavy atom. The topological polar surface area (TPSA) is 26.7 Å². The van der Waals surface area contributed by atoms with E-state index in [0.717, 1.165) is 31.6 Å². The van der Waals surface area contributed by atoms with Crippen LogP contribution in [0.4, 0.5) is 0 Å². The summed E-state index contributed by atoms with van der Waals surface area (Å²) in [5.41, 5.74) is 2.27. The largest absolute Gasteiger partial charge is 0.388 e. The van der Waals surface area contributed by atoms with E-state index in [9.17, 15) is 5.11 Å². The monoisotopic (exact) mass is 290 g/mol. The van der Waals surface area contributed by atoms with E-state index in [-0.39, 0.29) is 6.10 Å². The molecule has 118 valence electrons. The number of likely N-dealkylation sites (N-methyl/N-ethyl adjacent to an activating group) is 1. The van der Waals surface area contributed by atoms with Crippen molar-refractivity contribution in [2.75, 3.05) is 33.2 Å². The van der Waals surface area contributed by atoms with Crippen molar-refractivity contribution in [1.82, 2.24) is 9.80 Å². The van der Waals surface area contributed by atoms with Crippen LogP contribution in [0.1, 0.15) is 43.4 Å². The van der Waals surface area contributed by atoms with Gasteiger partial charge in [-0.1, -0.05) is 31.2 Å². The van der Waals surface area contributed by atoms with Crippen LogP contribution in [0.5, 0.6) is 0 Å². The number of aliphatic hydroxyl groups excluding tert-OH is 1. The summed E-state index contributed by atoms with van der Waals surface area (Å²) >= 11 is 0. The molecule has 0 aliphatic carbocycles. The summed E-state index contributed by atoms with van der Waals surface area (Å²) in [6, 6.07) is 8.80. The van der Waals surface area contributed by atoms with Gasteiger partial charge in [0.25, 0.3) is 0 Å². The van der Waals surface area contributed by atoms with Crippen LogP contribution in [0.15, 0.2) is 24.3 Å². The van der Waals surface area contributed by atoms with Gasteiger partial charge in [0.15, 0.2) is 0 Å². The lowest BCUT2D eigenvalue weighted by Crippen LogP contribution is -2.40. The average molecular weight is 290 g/mol. The second-order valence-corrected chi connectivity index (χ2v) is 6.37. The van der Waals surface area contributed by atoms with Crippen molar-refractivity contribution < 1.29 is 5.11 Å². The number of aryl methyl sites for hydroxylation is 1. The maximum atomic E-state index is 10.5. The van der Waals surface area contributed by atoms with Gasteiger partial charge < -0.3 is 10.0 Å². The van der Waals surface area contributed by atoms with Gasteiger partial charge in [0.1, 0.15) is 0 Å². The highest BCUT2D eigenvalue weighted by Crippen LogP contribution is 2.22. The third-order valence-electron chi connectivity index (χ3n) is 4.73. The quantitative estimate of drug-likeness (QED) is 0.903. The Hall–Kier alpha value is -0.900. The van der Waals surface area contributed by atoms with Gasteiger partial charge >= 0.3 is 0 Å². The van der Waals surface area contributed by atoms with Crippen molar-refractivity contribution >= 4 is 0 Å². The van der Waals surface area contributed by atoms with Gasteiger partial charge in [0.05, 0.1) is 6.10 Å². The molecule has 1 N–H and O–H groups in total. The second-order valence-electron chi connectivity index (χ2n) is 6.37. The van der Waals surface area contributed by atoms with Gasteiger partial charge in [-0.2, -0.15) is 0 Å². The molecule has 0 radical (unpaired) electrons. The van der Waals surface area contributed by atoms with Gasteiger partial charge in [-0.15, -0.1) is 0 Å². The molecule has 3 heteroatoms. The van der Waals surface area contributed by atoms with Gasteiger partial charge in [-0.25, -0.2) is 0 Å². The smallest absolute Gasteiger partial charge is 0.0804 e. The number of benzene rings is 1. The molecular weight excluding hydrogens is 260 g/mol. The van der Waals surface area contributed by atoms with Crippen molar-refractivity contribution in [3.05, 3.63) is 35.4 Å². The summed E-state index contributed by atoms with van der Waals surface area (Å²) in [5, 5.41) is 10.5. The molecule has 0 bridgehead atoms. The van der Waals surface area contributed by atoms with E-state index in [1.165, 1.54) is 24.9 Å². The molecule has 1 aromatic carbocycles. The molecule has 2 atom stereocenters. The first-order valence-corrected chi connectivity index (χ1v) is 8.28. The first kappa shape index (κ1) is 16.5. The fraction of sp³-hybridized carbons (Fsp3) is 0.667. The van der Waals surface area contributed by atoms with Crippen molar-refractivity contribution in [2.45, 2.75) is 45.3 Å². The molecule has 0 aromatic heterocycles. The highest BCUT2D eigenvalue weighted by Gasteiger charge is 2.22. The highest BCUT2D eigenvalue weighted by atomic mass is 16.3. The van der Waals surface area contributed by atoms with Crippen LogP contribution in [0, 0.1) is 6.92 Å². The molecule has 2 unspecified atom stereocenters. The van der Waals surface area contributed by atoms with Crippen LogP contribution in [0.3, 0.4) is 0 Å². The number of nitrogens with zero attached hydrogens (tertiary/aromatic N) is 2. The maximum Gasteiger partial charge on any atom is 0.0804 e. The lowest BCUT2D eigenvalue weighted by atomic mass is 10.0. The molecule has 0 spiro atoms. The number of aliphatic hydroxyl groups is 1. The van der Waals surface area contributed by atoms with Crippen LogP contribution in [0.2, 0.25) is 0 Å². The van der Waals surface area contributed by atoms with E-state index in [1.54, 1.807) is 0 Å². The van der Waals surface area contributed by atoms with Crippen LogP contribution in [-0.4, -0.2) is 54.2 Å². The van der Waals surface area contributed by atoms with E-state index in [2.05, 4.69) is 36.8 Å². The molecule has 0 amide bonds. The molecule has 1 aliphatic heterocycles. The molecule has 2 rings (SSSR count). The summed E-state index contributed by atoms with van der Waals surface area (Å²) < 4.78 is 0. The standard InChI is InChI=1S/C18H30N2O/c1-4-16-14-19(3)11-7-12-20(16)13-10-18(21)17-9-6-5-8-15(17)2/h5-6,8-9,16,18,21H,4,7,10-14H2,1-3H3. The van der Waals surface area contributed by atoms with E-state index in [1.807, 2.05) is 18.2 Å². The summed E-state index contributed by atoms with van der Waals surface area (Å²) in [6.07, 6.45) is 2.90. The molecule has 21 heavy (non-hydrogen) atoms. The molecule has 3 nitrogen and oxygen atoms in total. The lowest BCUT2D eigenvalue weighted by Gasteiger charge is -2.31. The number of hydrogen-bond acceptors (Lipinski definition) is 3. The fourth-order valence-corrected chi connectivity index (χ4v) is 3.38. The summed E-state index contributed by atoms with van der Waals surface area (Å²) in [5.74, 6) is 0. The number of hydrogen-bond donors (Lipinski definition) is 1. The van der Waals surface area contributed by atoms with Crippen LogP contribution < -0.4 is 0 Å². The van der Waals surface area contributed by atoms with Gasteiger partial charge in [-0.05, 0) is 57.5 Å². The van der Waals surface area contributed by atoms with Crippen molar-refractivity contribution in [2.24, 2.45) is 0 Å². The minimum atomic E-state index is -0.343. The summed E-state index contributed by atoms with van der Waals surface area (Å²) in [6.45, 7) is 8.83. The van der Waals surface area contributed by atoms with Crippen molar-refractivity contribution in [3.63, 3.8) is 0 Å². The number of rotatable bonds is 5. The van der Waals surface area contributed by atoms with Gasteiger partial charge in [0, 0.05) is 19.1 Å². The predicted molar refractivity (Wildman–Crippen MR) is 88.5 cm³/mol. The van der Waals surface area contributed by atoms with Crippen LogP contribution in [-0.2, 0) is 0 Å². The maximum absolute atomic E-state index is 10.5. The first-order chi connectivity index (χ1) is 10.1. The fourth-order valence-electron chi connectivity index (χ4n) is 3.38. The Kier molecular flexibility index (Phi) is 6.22. The van der Waals surface area contributed by atoms with Crippen molar-refractivity contribution in [1.29, 1.82) is 0 Å². The summed E-state index contributed by atoms with van der Waals surface area (Å²) in [7, 11) is 2.22. The highest BCUT2D eigenvalue weighted by molar-refractivity contribution is 5.27. The van der Waals surface area contributed by atoms with E-state index >= 15 is 0 Å². The van der Waals surface area contributed by atoms with Gasteiger partial charge in [0.2, 0.25) is 0 Å². The lowest BCUT2D eigenvalue weighted by molar-refractivity contribution is 0.120. The van der Waals surface area contributed by atoms with E-state index < -0.39 is 0 Å². The molecule has 1 fully saturated rings.